The van der Waals surface area contributed by atoms with Crippen molar-refractivity contribution in [3.05, 3.63) is 47.5 Å². The first kappa shape index (κ1) is 24.2. The number of carbonyl (C=O) groups is 2. The predicted molar refractivity (Wildman–Crippen MR) is 119 cm³/mol. The van der Waals surface area contributed by atoms with E-state index in [0.717, 1.165) is 0 Å². The van der Waals surface area contributed by atoms with Gasteiger partial charge in [0.05, 0.1) is 26.6 Å². The molecule has 0 atom stereocenters. The number of methoxy groups -OCH3 is 2. The highest BCUT2D eigenvalue weighted by Gasteiger charge is 2.05. The average molecular weight is 442 g/mol. The van der Waals surface area contributed by atoms with Gasteiger partial charge in [-0.25, -0.2) is 10.9 Å². The molecule has 0 unspecified atom stereocenters. The van der Waals surface area contributed by atoms with E-state index in [9.17, 15) is 19.8 Å². The summed E-state index contributed by atoms with van der Waals surface area (Å²) in [5.74, 6) is 0.515. The molecule has 2 aromatic carbocycles. The summed E-state index contributed by atoms with van der Waals surface area (Å²) in [5.41, 5.74) is 5.56. The van der Waals surface area contributed by atoms with Crippen LogP contribution in [0.25, 0.3) is 0 Å². The number of ether oxygens (including phenoxy) is 2. The molecular formula is C22H26N4O6. The van der Waals surface area contributed by atoms with Gasteiger partial charge in [-0.05, 0) is 49.2 Å². The summed E-state index contributed by atoms with van der Waals surface area (Å²) in [6.45, 7) is 0. The van der Waals surface area contributed by atoms with E-state index in [2.05, 4.69) is 21.1 Å². The molecule has 0 spiro atoms. The molecule has 0 radical (unpaired) electrons. The average Bonchev–Trinajstić information content (AvgIpc) is 2.79. The number of carbonyl (C=O) groups excluding carboxylic acids is 2. The van der Waals surface area contributed by atoms with Crippen molar-refractivity contribution in [1.29, 1.82) is 0 Å². The Morgan fingerprint density at radius 3 is 1.59 bits per heavy atom. The van der Waals surface area contributed by atoms with E-state index in [-0.39, 0.29) is 36.2 Å². The number of unbranched alkanes of at least 4 members (excludes halogenated alkanes) is 1. The molecule has 0 aliphatic rings. The second-order valence-corrected chi connectivity index (χ2v) is 6.64. The first-order valence-electron chi connectivity index (χ1n) is 9.80. The van der Waals surface area contributed by atoms with Gasteiger partial charge in [-0.3, -0.25) is 9.59 Å². The van der Waals surface area contributed by atoms with E-state index in [1.165, 1.54) is 38.8 Å². The maximum Gasteiger partial charge on any atom is 0.240 e. The van der Waals surface area contributed by atoms with Crippen molar-refractivity contribution in [2.75, 3.05) is 14.2 Å². The van der Waals surface area contributed by atoms with Gasteiger partial charge < -0.3 is 19.7 Å². The highest BCUT2D eigenvalue weighted by molar-refractivity contribution is 5.86. The second kappa shape index (κ2) is 12.6. The zero-order chi connectivity index (χ0) is 23.3. The van der Waals surface area contributed by atoms with Crippen LogP contribution in [0.3, 0.4) is 0 Å². The zero-order valence-electron chi connectivity index (χ0n) is 17.9. The lowest BCUT2D eigenvalue weighted by molar-refractivity contribution is -0.123. The van der Waals surface area contributed by atoms with Gasteiger partial charge in [0, 0.05) is 24.0 Å². The van der Waals surface area contributed by atoms with Crippen LogP contribution in [0.5, 0.6) is 23.0 Å². The minimum Gasteiger partial charge on any atom is -0.507 e. The molecule has 32 heavy (non-hydrogen) atoms. The number of nitrogens with zero attached hydrogens (tertiary/aromatic N) is 2. The summed E-state index contributed by atoms with van der Waals surface area (Å²) in [4.78, 5) is 23.7. The Bertz CT molecular complexity index is 911. The third-order valence-electron chi connectivity index (χ3n) is 4.31. The molecule has 0 aromatic heterocycles. The smallest absolute Gasteiger partial charge is 0.240 e. The van der Waals surface area contributed by atoms with Crippen LogP contribution in [-0.2, 0) is 9.59 Å². The fourth-order valence-corrected chi connectivity index (χ4v) is 2.56. The number of amides is 2. The Labute approximate surface area is 185 Å². The summed E-state index contributed by atoms with van der Waals surface area (Å²) in [7, 11) is 3.01. The van der Waals surface area contributed by atoms with E-state index < -0.39 is 0 Å². The molecule has 2 aromatic rings. The molecule has 0 aliphatic heterocycles. The summed E-state index contributed by atoms with van der Waals surface area (Å²) in [5, 5.41) is 27.1. The minimum atomic E-state index is -0.310. The Balaban J connectivity index is 1.66. The number of hydrogen-bond acceptors (Lipinski definition) is 8. The van der Waals surface area contributed by atoms with Gasteiger partial charge >= 0.3 is 0 Å². The van der Waals surface area contributed by atoms with Crippen LogP contribution in [0.4, 0.5) is 0 Å². The van der Waals surface area contributed by atoms with Gasteiger partial charge in [-0.2, -0.15) is 10.2 Å². The molecule has 2 rings (SSSR count). The molecule has 2 amide bonds. The third kappa shape index (κ3) is 7.98. The Hall–Kier alpha value is -4.08. The Morgan fingerprint density at radius 1 is 0.812 bits per heavy atom. The van der Waals surface area contributed by atoms with E-state index in [4.69, 9.17) is 9.47 Å². The molecule has 0 saturated heterocycles. The number of phenols is 2. The van der Waals surface area contributed by atoms with Crippen molar-refractivity contribution in [3.8, 4) is 23.0 Å². The Morgan fingerprint density at radius 2 is 1.22 bits per heavy atom. The van der Waals surface area contributed by atoms with Gasteiger partial charge in [0.2, 0.25) is 11.8 Å². The van der Waals surface area contributed by atoms with Gasteiger partial charge in [-0.1, -0.05) is 0 Å². The lowest BCUT2D eigenvalue weighted by Crippen LogP contribution is -2.19. The molecule has 0 bridgehead atoms. The number of nitrogens with one attached hydrogen (secondary N) is 2. The molecular weight excluding hydrogens is 416 g/mol. The van der Waals surface area contributed by atoms with Gasteiger partial charge in [0.1, 0.15) is 23.0 Å². The summed E-state index contributed by atoms with van der Waals surface area (Å²) in [6, 6.07) is 9.32. The molecule has 0 saturated carbocycles. The van der Waals surface area contributed by atoms with Crippen LogP contribution in [0.2, 0.25) is 0 Å². The van der Waals surface area contributed by atoms with Crippen molar-refractivity contribution >= 4 is 24.2 Å². The van der Waals surface area contributed by atoms with Crippen molar-refractivity contribution in [3.63, 3.8) is 0 Å². The molecule has 10 nitrogen and oxygen atoms in total. The topological polar surface area (TPSA) is 142 Å². The van der Waals surface area contributed by atoms with Gasteiger partial charge in [-0.15, -0.1) is 0 Å². The van der Waals surface area contributed by atoms with Crippen molar-refractivity contribution < 1.29 is 29.3 Å². The maximum absolute atomic E-state index is 11.8. The monoisotopic (exact) mass is 442 g/mol. The third-order valence-corrected chi connectivity index (χ3v) is 4.31. The molecule has 170 valence electrons. The van der Waals surface area contributed by atoms with E-state index in [1.807, 2.05) is 0 Å². The fourth-order valence-electron chi connectivity index (χ4n) is 2.56. The molecule has 10 heteroatoms. The normalized spacial score (nSPS) is 10.9. The quantitative estimate of drug-likeness (QED) is 0.239. The van der Waals surface area contributed by atoms with Crippen molar-refractivity contribution in [2.45, 2.75) is 25.7 Å². The SMILES string of the molecule is COc1ccc(O)c(/C=N/NC(=O)CCCCC(=O)N/N=C/c2cc(OC)ccc2O)c1. The van der Waals surface area contributed by atoms with E-state index >= 15 is 0 Å². The van der Waals surface area contributed by atoms with Crippen LogP contribution >= 0.6 is 0 Å². The number of benzene rings is 2. The predicted octanol–water partition coefficient (Wildman–Crippen LogP) is 2.28. The standard InChI is InChI=1S/C22H26N4O6/c1-31-17-7-9-19(27)15(11-17)13-23-25-21(29)5-3-4-6-22(30)26-24-14-16-12-18(32-2)8-10-20(16)28/h7-14,27-28H,3-6H2,1-2H3,(H,25,29)(H,26,30)/b23-13+,24-14+. The van der Waals surface area contributed by atoms with Crippen LogP contribution in [-0.4, -0.2) is 48.7 Å². The number of hydrogen-bond donors (Lipinski definition) is 4. The lowest BCUT2D eigenvalue weighted by Gasteiger charge is -2.04. The van der Waals surface area contributed by atoms with Crippen LogP contribution in [0.1, 0.15) is 36.8 Å². The molecule has 0 aliphatic carbocycles. The Kier molecular flexibility index (Phi) is 9.51. The fraction of sp³-hybridized carbons (Fsp3) is 0.273. The van der Waals surface area contributed by atoms with Crippen LogP contribution in [0.15, 0.2) is 46.6 Å². The van der Waals surface area contributed by atoms with Crippen LogP contribution < -0.4 is 20.3 Å². The molecule has 4 N–H and O–H groups in total. The number of hydrazone groups is 2. The first-order valence-corrected chi connectivity index (χ1v) is 9.80. The molecule has 0 heterocycles. The second-order valence-electron chi connectivity index (χ2n) is 6.64. The maximum atomic E-state index is 11.8. The van der Waals surface area contributed by atoms with Crippen LogP contribution in [0, 0.1) is 0 Å². The molecule has 0 fully saturated rings. The number of rotatable bonds is 11. The van der Waals surface area contributed by atoms with Crippen molar-refractivity contribution in [2.24, 2.45) is 10.2 Å². The number of phenolic OH excluding ortho intramolecular Hbond substituents is 2. The van der Waals surface area contributed by atoms with Gasteiger partial charge in [0.25, 0.3) is 0 Å². The summed E-state index contributed by atoms with van der Waals surface area (Å²) >= 11 is 0. The van der Waals surface area contributed by atoms with Gasteiger partial charge in [0.15, 0.2) is 0 Å². The summed E-state index contributed by atoms with van der Waals surface area (Å²) < 4.78 is 10.1. The van der Waals surface area contributed by atoms with E-state index in [1.54, 1.807) is 24.3 Å². The largest absolute Gasteiger partial charge is 0.507 e. The van der Waals surface area contributed by atoms with E-state index in [0.29, 0.717) is 35.5 Å². The highest BCUT2D eigenvalue weighted by Crippen LogP contribution is 2.21. The highest BCUT2D eigenvalue weighted by atomic mass is 16.5. The first-order chi connectivity index (χ1) is 15.4. The summed E-state index contributed by atoms with van der Waals surface area (Å²) in [6.07, 6.45) is 3.99. The zero-order valence-corrected chi connectivity index (χ0v) is 17.9. The minimum absolute atomic E-state index is 0.0130. The number of aromatic hydroxyl groups is 2. The van der Waals surface area contributed by atoms with Crippen molar-refractivity contribution in [1.82, 2.24) is 10.9 Å². The lowest BCUT2D eigenvalue weighted by atomic mass is 10.2.